The lowest BCUT2D eigenvalue weighted by Crippen LogP contribution is -2.32. The van der Waals surface area contributed by atoms with Crippen molar-refractivity contribution in [2.24, 2.45) is 11.8 Å². The van der Waals surface area contributed by atoms with Crippen molar-refractivity contribution in [1.82, 2.24) is 0 Å². The number of nitrogens with zero attached hydrogens (tertiary/aromatic N) is 1. The molecule has 0 aliphatic heterocycles. The number of nitriles is 1. The highest BCUT2D eigenvalue weighted by Gasteiger charge is 2.30. The van der Waals surface area contributed by atoms with E-state index in [0.717, 1.165) is 11.3 Å². The molecule has 0 unspecified atom stereocenters. The Balaban J connectivity index is 1.50. The number of amides is 2. The first-order valence-electron chi connectivity index (χ1n) is 9.23. The molecular formula is C22H23N3O2. The average Bonchev–Trinajstić information content (AvgIpc) is 2.70. The molecule has 5 nitrogen and oxygen atoms in total. The molecule has 2 amide bonds. The summed E-state index contributed by atoms with van der Waals surface area (Å²) in [4.78, 5) is 24.9. The van der Waals surface area contributed by atoms with Crippen molar-refractivity contribution in [1.29, 1.82) is 5.26 Å². The first-order valence-corrected chi connectivity index (χ1v) is 9.23. The fourth-order valence-corrected chi connectivity index (χ4v) is 3.41. The number of hydrogen-bond acceptors (Lipinski definition) is 3. The van der Waals surface area contributed by atoms with E-state index >= 15 is 0 Å². The number of anilines is 2. The number of nitrogens with one attached hydrogen (secondary N) is 2. The largest absolute Gasteiger partial charge is 0.326 e. The molecule has 0 saturated heterocycles. The summed E-state index contributed by atoms with van der Waals surface area (Å²) in [6.07, 6.45) is 2.79. The van der Waals surface area contributed by atoms with Crippen molar-refractivity contribution in [3.05, 3.63) is 59.7 Å². The minimum Gasteiger partial charge on any atom is -0.326 e. The van der Waals surface area contributed by atoms with Crippen LogP contribution in [0.3, 0.4) is 0 Å². The lowest BCUT2D eigenvalue weighted by molar-refractivity contribution is -0.125. The number of hydrogen-bond donors (Lipinski definition) is 2. The Hall–Kier alpha value is -3.13. The van der Waals surface area contributed by atoms with Gasteiger partial charge in [-0.05, 0) is 62.9 Å². The number of benzene rings is 2. The summed E-state index contributed by atoms with van der Waals surface area (Å²) in [5.41, 5.74) is 3.12. The second-order valence-corrected chi connectivity index (χ2v) is 7.09. The molecule has 1 aliphatic rings. The standard InChI is InChI=1S/C22H23N3O2/c1-15-5-11-19(12-6-15)24-21(26)17-7-9-18(10-8-17)22(27)25-20-4-2-3-16(13-20)14-23/h2-6,11-13,17-18H,7-10H2,1H3,(H,24,26)(H,25,27). The zero-order valence-corrected chi connectivity index (χ0v) is 15.4. The van der Waals surface area contributed by atoms with Gasteiger partial charge in [-0.15, -0.1) is 0 Å². The van der Waals surface area contributed by atoms with E-state index in [1.165, 1.54) is 0 Å². The Morgan fingerprint density at radius 1 is 0.889 bits per heavy atom. The molecule has 1 saturated carbocycles. The van der Waals surface area contributed by atoms with Crippen molar-refractivity contribution < 1.29 is 9.59 Å². The first kappa shape index (κ1) is 18.7. The minimum atomic E-state index is -0.0980. The van der Waals surface area contributed by atoms with E-state index in [0.29, 0.717) is 36.9 Å². The summed E-state index contributed by atoms with van der Waals surface area (Å²) in [6, 6.07) is 16.7. The third-order valence-electron chi connectivity index (χ3n) is 5.05. The monoisotopic (exact) mass is 361 g/mol. The molecule has 5 heteroatoms. The van der Waals surface area contributed by atoms with Gasteiger partial charge >= 0.3 is 0 Å². The molecule has 0 heterocycles. The van der Waals surface area contributed by atoms with Crippen LogP contribution in [0.25, 0.3) is 0 Å². The van der Waals surface area contributed by atoms with Crippen LogP contribution in [0.1, 0.15) is 36.8 Å². The van der Waals surface area contributed by atoms with Crippen molar-refractivity contribution in [3.63, 3.8) is 0 Å². The van der Waals surface area contributed by atoms with Crippen LogP contribution in [0.5, 0.6) is 0 Å². The van der Waals surface area contributed by atoms with Gasteiger partial charge in [0.05, 0.1) is 11.6 Å². The molecule has 1 aliphatic carbocycles. The van der Waals surface area contributed by atoms with Gasteiger partial charge in [0.25, 0.3) is 0 Å². The molecule has 2 N–H and O–H groups in total. The van der Waals surface area contributed by atoms with E-state index in [4.69, 9.17) is 5.26 Å². The Morgan fingerprint density at radius 3 is 2.00 bits per heavy atom. The Labute approximate surface area is 159 Å². The highest BCUT2D eigenvalue weighted by atomic mass is 16.2. The third kappa shape index (κ3) is 4.95. The molecule has 0 aromatic heterocycles. The SMILES string of the molecule is Cc1ccc(NC(=O)C2CCC(C(=O)Nc3cccc(C#N)c3)CC2)cc1. The van der Waals surface area contributed by atoms with Crippen LogP contribution < -0.4 is 10.6 Å². The molecule has 0 radical (unpaired) electrons. The molecule has 2 aromatic carbocycles. The smallest absolute Gasteiger partial charge is 0.227 e. The Morgan fingerprint density at radius 2 is 1.44 bits per heavy atom. The van der Waals surface area contributed by atoms with Crippen molar-refractivity contribution in [3.8, 4) is 6.07 Å². The minimum absolute atomic E-state index is 0.0273. The van der Waals surface area contributed by atoms with Crippen molar-refractivity contribution in [2.45, 2.75) is 32.6 Å². The molecule has 3 rings (SSSR count). The highest BCUT2D eigenvalue weighted by molar-refractivity contribution is 5.94. The van der Waals surface area contributed by atoms with E-state index in [-0.39, 0.29) is 23.7 Å². The average molecular weight is 361 g/mol. The molecule has 1 fully saturated rings. The highest BCUT2D eigenvalue weighted by Crippen LogP contribution is 2.30. The zero-order valence-electron chi connectivity index (χ0n) is 15.4. The summed E-state index contributed by atoms with van der Waals surface area (Å²) < 4.78 is 0. The number of rotatable bonds is 4. The van der Waals surface area contributed by atoms with Crippen LogP contribution in [0, 0.1) is 30.1 Å². The van der Waals surface area contributed by atoms with Gasteiger partial charge in [-0.25, -0.2) is 0 Å². The zero-order chi connectivity index (χ0) is 19.2. The van der Waals surface area contributed by atoms with Crippen LogP contribution in [-0.4, -0.2) is 11.8 Å². The van der Waals surface area contributed by atoms with E-state index in [1.807, 2.05) is 31.2 Å². The molecule has 0 bridgehead atoms. The lowest BCUT2D eigenvalue weighted by atomic mass is 9.81. The number of carbonyl (C=O) groups excluding carboxylic acids is 2. The van der Waals surface area contributed by atoms with Crippen molar-refractivity contribution in [2.75, 3.05) is 10.6 Å². The second kappa shape index (κ2) is 8.50. The molecule has 0 spiro atoms. The van der Waals surface area contributed by atoms with E-state index in [2.05, 4.69) is 16.7 Å². The van der Waals surface area contributed by atoms with Crippen LogP contribution in [0.2, 0.25) is 0 Å². The topological polar surface area (TPSA) is 82.0 Å². The van der Waals surface area contributed by atoms with E-state index in [1.54, 1.807) is 24.3 Å². The maximum absolute atomic E-state index is 12.5. The molecule has 138 valence electrons. The summed E-state index contributed by atoms with van der Waals surface area (Å²) in [6.45, 7) is 2.01. The Kier molecular flexibility index (Phi) is 5.87. The quantitative estimate of drug-likeness (QED) is 0.854. The van der Waals surface area contributed by atoms with Crippen LogP contribution in [0.15, 0.2) is 48.5 Å². The third-order valence-corrected chi connectivity index (χ3v) is 5.05. The lowest BCUT2D eigenvalue weighted by Gasteiger charge is -2.27. The number of aryl methyl sites for hydroxylation is 1. The predicted molar refractivity (Wildman–Crippen MR) is 105 cm³/mol. The summed E-state index contributed by atoms with van der Waals surface area (Å²) in [5.74, 6) is -0.168. The fraction of sp³-hybridized carbons (Fsp3) is 0.318. The van der Waals surface area contributed by atoms with Crippen LogP contribution in [-0.2, 0) is 9.59 Å². The summed E-state index contributed by atoms with van der Waals surface area (Å²) >= 11 is 0. The van der Waals surface area contributed by atoms with Gasteiger partial charge in [0, 0.05) is 23.2 Å². The fourth-order valence-electron chi connectivity index (χ4n) is 3.41. The number of carbonyl (C=O) groups is 2. The first-order chi connectivity index (χ1) is 13.0. The maximum atomic E-state index is 12.5. The van der Waals surface area contributed by atoms with Gasteiger partial charge in [0.2, 0.25) is 11.8 Å². The Bertz CT molecular complexity index is 860. The summed E-state index contributed by atoms with van der Waals surface area (Å²) in [7, 11) is 0. The van der Waals surface area contributed by atoms with Crippen molar-refractivity contribution >= 4 is 23.2 Å². The van der Waals surface area contributed by atoms with Gasteiger partial charge in [-0.3, -0.25) is 9.59 Å². The van der Waals surface area contributed by atoms with Crippen LogP contribution in [0.4, 0.5) is 11.4 Å². The molecule has 2 aromatic rings. The van der Waals surface area contributed by atoms with E-state index in [9.17, 15) is 9.59 Å². The van der Waals surface area contributed by atoms with Gasteiger partial charge in [-0.1, -0.05) is 23.8 Å². The molecule has 27 heavy (non-hydrogen) atoms. The van der Waals surface area contributed by atoms with Crippen LogP contribution >= 0.6 is 0 Å². The second-order valence-electron chi connectivity index (χ2n) is 7.09. The van der Waals surface area contributed by atoms with Gasteiger partial charge in [-0.2, -0.15) is 5.26 Å². The van der Waals surface area contributed by atoms with E-state index < -0.39 is 0 Å². The maximum Gasteiger partial charge on any atom is 0.227 e. The van der Waals surface area contributed by atoms with Gasteiger partial charge < -0.3 is 10.6 Å². The van der Waals surface area contributed by atoms with Gasteiger partial charge in [0.1, 0.15) is 0 Å². The summed E-state index contributed by atoms with van der Waals surface area (Å²) in [5, 5.41) is 14.8. The molecule has 0 atom stereocenters. The predicted octanol–water partition coefficient (Wildman–Crippen LogP) is 4.25. The van der Waals surface area contributed by atoms with Gasteiger partial charge in [0.15, 0.2) is 0 Å². The normalized spacial score (nSPS) is 19.0. The molecular weight excluding hydrogens is 338 g/mol.